The molecule has 128 valence electrons. The van der Waals surface area contributed by atoms with Gasteiger partial charge >= 0.3 is 6.61 Å². The van der Waals surface area contributed by atoms with Crippen LogP contribution in [-0.2, 0) is 11.2 Å². The van der Waals surface area contributed by atoms with Crippen molar-refractivity contribution < 1.29 is 23.0 Å². The lowest BCUT2D eigenvalue weighted by molar-refractivity contribution is -0.120. The number of nitrogens with zero attached hydrogens (tertiary/aromatic N) is 2. The highest BCUT2D eigenvalue weighted by Crippen LogP contribution is 2.28. The van der Waals surface area contributed by atoms with Gasteiger partial charge in [-0.05, 0) is 30.7 Å². The fraction of sp³-hybridized carbons (Fsp3) is 0.267. The fourth-order valence-electron chi connectivity index (χ4n) is 1.80. The molecule has 0 saturated heterocycles. The molecular weight excluding hydrogens is 340 g/mol. The first-order valence-electron chi connectivity index (χ1n) is 6.83. The van der Waals surface area contributed by atoms with E-state index >= 15 is 0 Å². The Bertz CT molecular complexity index is 735. The molecule has 1 aromatic heterocycles. The number of carbonyl (C=O) groups is 1. The van der Waals surface area contributed by atoms with Crippen LogP contribution in [0.1, 0.15) is 16.3 Å². The number of hydrogen-bond donors (Lipinski definition) is 1. The summed E-state index contributed by atoms with van der Waals surface area (Å²) in [5.41, 5.74) is 3.68. The number of rotatable bonds is 7. The highest BCUT2D eigenvalue weighted by atomic mass is 32.1. The average Bonchev–Trinajstić information content (AvgIpc) is 2.92. The summed E-state index contributed by atoms with van der Waals surface area (Å²) in [6.45, 7) is -1.12. The van der Waals surface area contributed by atoms with E-state index in [1.54, 1.807) is 6.07 Å². The minimum Gasteiger partial charge on any atom is -0.493 e. The quantitative estimate of drug-likeness (QED) is 0.612. The summed E-state index contributed by atoms with van der Waals surface area (Å²) in [4.78, 5) is 15.9. The third-order valence-corrected chi connectivity index (χ3v) is 3.75. The van der Waals surface area contributed by atoms with Gasteiger partial charge in [0.1, 0.15) is 5.01 Å². The number of alkyl halides is 2. The number of hydrazone groups is 1. The Hall–Kier alpha value is -2.55. The lowest BCUT2D eigenvalue weighted by atomic mass is 10.2. The van der Waals surface area contributed by atoms with Gasteiger partial charge in [0.25, 0.3) is 0 Å². The first-order valence-corrected chi connectivity index (χ1v) is 7.71. The van der Waals surface area contributed by atoms with Crippen LogP contribution in [0.5, 0.6) is 11.5 Å². The lowest BCUT2D eigenvalue weighted by Crippen LogP contribution is -2.19. The zero-order valence-corrected chi connectivity index (χ0v) is 13.8. The van der Waals surface area contributed by atoms with E-state index in [4.69, 9.17) is 4.74 Å². The molecule has 0 bridgehead atoms. The Balaban J connectivity index is 1.96. The van der Waals surface area contributed by atoms with Crippen molar-refractivity contribution in [3.8, 4) is 11.5 Å². The molecule has 0 fully saturated rings. The molecule has 0 saturated carbocycles. The van der Waals surface area contributed by atoms with E-state index in [-0.39, 0.29) is 23.8 Å². The second-order valence-electron chi connectivity index (χ2n) is 4.64. The number of halogens is 2. The number of methoxy groups -OCH3 is 1. The van der Waals surface area contributed by atoms with Gasteiger partial charge in [-0.2, -0.15) is 13.9 Å². The minimum absolute atomic E-state index is 0.110. The number of aromatic nitrogens is 1. The first kappa shape index (κ1) is 17.8. The van der Waals surface area contributed by atoms with Gasteiger partial charge in [-0.15, -0.1) is 11.3 Å². The molecule has 1 aromatic carbocycles. The van der Waals surface area contributed by atoms with Crippen LogP contribution in [0.3, 0.4) is 0 Å². The second-order valence-corrected chi connectivity index (χ2v) is 5.58. The van der Waals surface area contributed by atoms with E-state index in [9.17, 15) is 13.6 Å². The third-order valence-electron chi connectivity index (χ3n) is 2.78. The van der Waals surface area contributed by atoms with Crippen LogP contribution in [0.2, 0.25) is 0 Å². The van der Waals surface area contributed by atoms with Crippen molar-refractivity contribution in [3.05, 3.63) is 39.8 Å². The maximum absolute atomic E-state index is 12.4. The van der Waals surface area contributed by atoms with Crippen molar-refractivity contribution >= 4 is 23.5 Å². The monoisotopic (exact) mass is 355 g/mol. The Morgan fingerprint density at radius 1 is 1.46 bits per heavy atom. The summed E-state index contributed by atoms with van der Waals surface area (Å²) >= 11 is 1.39. The van der Waals surface area contributed by atoms with Crippen LogP contribution in [0, 0.1) is 6.92 Å². The third kappa shape index (κ3) is 5.27. The molecule has 1 N–H and O–H groups in total. The van der Waals surface area contributed by atoms with Gasteiger partial charge in [0, 0.05) is 11.1 Å². The Labute approximate surface area is 141 Å². The van der Waals surface area contributed by atoms with E-state index in [1.165, 1.54) is 36.8 Å². The molecule has 2 rings (SSSR count). The molecule has 0 spiro atoms. The minimum atomic E-state index is -2.97. The summed E-state index contributed by atoms with van der Waals surface area (Å²) in [7, 11) is 1.35. The van der Waals surface area contributed by atoms with Crippen LogP contribution in [0.25, 0.3) is 0 Å². The van der Waals surface area contributed by atoms with Crippen molar-refractivity contribution in [3.63, 3.8) is 0 Å². The van der Waals surface area contributed by atoms with Gasteiger partial charge in [-0.25, -0.2) is 10.4 Å². The summed E-state index contributed by atoms with van der Waals surface area (Å²) < 4.78 is 34.0. The summed E-state index contributed by atoms with van der Waals surface area (Å²) in [6.07, 6.45) is 1.45. The number of aryl methyl sites for hydroxylation is 1. The standard InChI is InChI=1S/C15H15F2N3O3S/c1-9-8-24-14(19-9)6-13(21)20-18-7-10-3-4-11(22-2)12(5-10)23-15(16)17/h3-5,7-8,15H,6H2,1-2H3,(H,20,21)/b18-7-. The summed E-state index contributed by atoms with van der Waals surface area (Å²) in [6, 6.07) is 4.40. The number of thiazole rings is 1. The molecule has 0 atom stereocenters. The zero-order valence-electron chi connectivity index (χ0n) is 13.0. The van der Waals surface area contributed by atoms with Crippen LogP contribution >= 0.6 is 11.3 Å². The molecule has 0 aliphatic carbocycles. The second kappa shape index (κ2) is 8.34. The van der Waals surface area contributed by atoms with Crippen molar-refractivity contribution in [2.75, 3.05) is 7.11 Å². The van der Waals surface area contributed by atoms with E-state index < -0.39 is 6.61 Å². The van der Waals surface area contributed by atoms with Gasteiger partial charge in [-0.3, -0.25) is 4.79 Å². The predicted molar refractivity (Wildman–Crippen MR) is 85.9 cm³/mol. The predicted octanol–water partition coefficient (Wildman–Crippen LogP) is 2.75. The van der Waals surface area contributed by atoms with Gasteiger partial charge in [0.15, 0.2) is 11.5 Å². The molecule has 0 aliphatic rings. The van der Waals surface area contributed by atoms with Crippen molar-refractivity contribution in [1.29, 1.82) is 0 Å². The molecular formula is C15H15F2N3O3S. The summed E-state index contributed by atoms with van der Waals surface area (Å²) in [5, 5.41) is 6.34. The number of hydrogen-bond acceptors (Lipinski definition) is 6. The van der Waals surface area contributed by atoms with E-state index in [1.807, 2.05) is 12.3 Å². The Morgan fingerprint density at radius 2 is 2.25 bits per heavy atom. The molecule has 24 heavy (non-hydrogen) atoms. The van der Waals surface area contributed by atoms with E-state index in [0.717, 1.165) is 5.69 Å². The van der Waals surface area contributed by atoms with Gasteiger partial charge < -0.3 is 9.47 Å². The molecule has 2 aromatic rings. The fourth-order valence-corrected chi connectivity index (χ4v) is 2.57. The maximum atomic E-state index is 12.4. The molecule has 9 heteroatoms. The van der Waals surface area contributed by atoms with Crippen LogP contribution in [0.4, 0.5) is 8.78 Å². The number of benzene rings is 1. The number of nitrogens with one attached hydrogen (secondary N) is 1. The molecule has 0 unspecified atom stereocenters. The molecule has 0 aliphatic heterocycles. The molecule has 6 nitrogen and oxygen atoms in total. The van der Waals surface area contributed by atoms with E-state index in [0.29, 0.717) is 10.6 Å². The lowest BCUT2D eigenvalue weighted by Gasteiger charge is -2.10. The largest absolute Gasteiger partial charge is 0.493 e. The highest BCUT2D eigenvalue weighted by molar-refractivity contribution is 7.09. The molecule has 1 heterocycles. The summed E-state index contributed by atoms with van der Waals surface area (Å²) in [5.74, 6) is -0.255. The zero-order chi connectivity index (χ0) is 17.5. The SMILES string of the molecule is COc1ccc(/C=N\NC(=O)Cc2nc(C)cs2)cc1OC(F)F. The van der Waals surface area contributed by atoms with Crippen molar-refractivity contribution in [1.82, 2.24) is 10.4 Å². The van der Waals surface area contributed by atoms with Crippen molar-refractivity contribution in [2.24, 2.45) is 5.10 Å². The maximum Gasteiger partial charge on any atom is 0.387 e. The number of ether oxygens (including phenoxy) is 2. The Morgan fingerprint density at radius 3 is 2.88 bits per heavy atom. The van der Waals surface area contributed by atoms with Gasteiger partial charge in [0.05, 0.1) is 19.7 Å². The van der Waals surface area contributed by atoms with Crippen molar-refractivity contribution in [2.45, 2.75) is 20.0 Å². The van der Waals surface area contributed by atoms with E-state index in [2.05, 4.69) is 20.2 Å². The average molecular weight is 355 g/mol. The van der Waals surface area contributed by atoms with Gasteiger partial charge in [-0.1, -0.05) is 0 Å². The number of amides is 1. The normalized spacial score (nSPS) is 11.0. The smallest absolute Gasteiger partial charge is 0.387 e. The van der Waals surface area contributed by atoms with Crippen LogP contribution in [-0.4, -0.2) is 30.8 Å². The molecule has 1 amide bonds. The molecule has 0 radical (unpaired) electrons. The Kier molecular flexibility index (Phi) is 6.19. The van der Waals surface area contributed by atoms with Crippen LogP contribution < -0.4 is 14.9 Å². The highest BCUT2D eigenvalue weighted by Gasteiger charge is 2.11. The first-order chi connectivity index (χ1) is 11.5. The topological polar surface area (TPSA) is 72.8 Å². The van der Waals surface area contributed by atoms with Gasteiger partial charge in [0.2, 0.25) is 5.91 Å². The number of carbonyl (C=O) groups excluding carboxylic acids is 1. The van der Waals surface area contributed by atoms with Crippen LogP contribution in [0.15, 0.2) is 28.7 Å².